The van der Waals surface area contributed by atoms with Crippen LogP contribution in [0.3, 0.4) is 0 Å². The topological polar surface area (TPSA) is 29.9 Å². The van der Waals surface area contributed by atoms with E-state index in [9.17, 15) is 0 Å². The first-order valence-corrected chi connectivity index (χ1v) is 6.69. The molecule has 0 aromatic carbocycles. The summed E-state index contributed by atoms with van der Waals surface area (Å²) in [5.74, 6) is 0. The van der Waals surface area contributed by atoms with Crippen molar-refractivity contribution in [3.63, 3.8) is 0 Å². The minimum absolute atomic E-state index is 0.845. The highest BCUT2D eigenvalue weighted by Gasteiger charge is 2.05. The van der Waals surface area contributed by atoms with Gasteiger partial charge in [-0.3, -0.25) is 0 Å². The summed E-state index contributed by atoms with van der Waals surface area (Å²) in [5.41, 5.74) is 5.16. The van der Waals surface area contributed by atoms with Gasteiger partial charge in [0.15, 0.2) is 0 Å². The first kappa shape index (κ1) is 12.3. The molecular weight excluding hydrogens is 230 g/mol. The standard InChI is InChI=1S/C13H19N3S/c1-9-5-12(10(2)16(9)4)6-14-7-13-8-17-11(3)15-13/h5,8,14H,6-7H2,1-4H3. The molecule has 0 atom stereocenters. The van der Waals surface area contributed by atoms with Gasteiger partial charge in [-0.1, -0.05) is 0 Å². The second-order valence-corrected chi connectivity index (χ2v) is 5.48. The third kappa shape index (κ3) is 2.76. The van der Waals surface area contributed by atoms with Crippen molar-refractivity contribution < 1.29 is 0 Å². The van der Waals surface area contributed by atoms with Crippen molar-refractivity contribution in [1.82, 2.24) is 14.9 Å². The van der Waals surface area contributed by atoms with Crippen LogP contribution in [0.4, 0.5) is 0 Å². The van der Waals surface area contributed by atoms with Gasteiger partial charge in [-0.2, -0.15) is 0 Å². The van der Waals surface area contributed by atoms with E-state index in [-0.39, 0.29) is 0 Å². The predicted molar refractivity (Wildman–Crippen MR) is 72.3 cm³/mol. The number of rotatable bonds is 4. The molecule has 2 rings (SSSR count). The summed E-state index contributed by atoms with van der Waals surface area (Å²) in [6.45, 7) is 8.10. The number of aromatic nitrogens is 2. The Morgan fingerprint density at radius 1 is 1.29 bits per heavy atom. The zero-order valence-corrected chi connectivity index (χ0v) is 11.7. The first-order chi connectivity index (χ1) is 8.08. The molecule has 0 aliphatic heterocycles. The third-order valence-corrected chi connectivity index (χ3v) is 3.99. The van der Waals surface area contributed by atoms with Crippen LogP contribution in [0.5, 0.6) is 0 Å². The smallest absolute Gasteiger partial charge is 0.0897 e. The lowest BCUT2D eigenvalue weighted by Crippen LogP contribution is -2.13. The Hall–Kier alpha value is -1.13. The lowest BCUT2D eigenvalue weighted by molar-refractivity contribution is 0.676. The zero-order valence-electron chi connectivity index (χ0n) is 10.9. The fraction of sp³-hybridized carbons (Fsp3) is 0.462. The molecule has 92 valence electrons. The van der Waals surface area contributed by atoms with Crippen LogP contribution in [0.1, 0.15) is 27.7 Å². The first-order valence-electron chi connectivity index (χ1n) is 5.81. The van der Waals surface area contributed by atoms with Crippen LogP contribution in [0.25, 0.3) is 0 Å². The molecule has 0 aliphatic rings. The summed E-state index contributed by atoms with van der Waals surface area (Å²) in [6, 6.07) is 2.24. The van der Waals surface area contributed by atoms with Gasteiger partial charge in [0.1, 0.15) is 0 Å². The van der Waals surface area contributed by atoms with Crippen molar-refractivity contribution in [2.24, 2.45) is 7.05 Å². The van der Waals surface area contributed by atoms with E-state index < -0.39 is 0 Å². The van der Waals surface area contributed by atoms with Gasteiger partial charge in [0.2, 0.25) is 0 Å². The van der Waals surface area contributed by atoms with E-state index in [4.69, 9.17) is 0 Å². The van der Waals surface area contributed by atoms with Gasteiger partial charge in [-0.15, -0.1) is 11.3 Å². The van der Waals surface area contributed by atoms with Gasteiger partial charge >= 0.3 is 0 Å². The van der Waals surface area contributed by atoms with E-state index in [2.05, 4.69) is 47.2 Å². The van der Waals surface area contributed by atoms with Crippen LogP contribution in [-0.4, -0.2) is 9.55 Å². The van der Waals surface area contributed by atoms with Crippen LogP contribution in [-0.2, 0) is 20.1 Å². The Morgan fingerprint density at radius 3 is 2.59 bits per heavy atom. The second-order valence-electron chi connectivity index (χ2n) is 4.42. The molecule has 0 fully saturated rings. The monoisotopic (exact) mass is 249 g/mol. The number of nitrogens with zero attached hydrogens (tertiary/aromatic N) is 2. The summed E-state index contributed by atoms with van der Waals surface area (Å²) >= 11 is 1.71. The van der Waals surface area contributed by atoms with Gasteiger partial charge in [-0.05, 0) is 32.4 Å². The highest BCUT2D eigenvalue weighted by atomic mass is 32.1. The molecule has 0 amide bonds. The zero-order chi connectivity index (χ0) is 12.4. The number of hydrogen-bond donors (Lipinski definition) is 1. The molecule has 0 saturated carbocycles. The summed E-state index contributed by atoms with van der Waals surface area (Å²) in [4.78, 5) is 4.44. The van der Waals surface area contributed by atoms with Gasteiger partial charge in [0.25, 0.3) is 0 Å². The third-order valence-electron chi connectivity index (χ3n) is 3.17. The fourth-order valence-corrected chi connectivity index (χ4v) is 2.54. The van der Waals surface area contributed by atoms with Crippen LogP contribution >= 0.6 is 11.3 Å². The summed E-state index contributed by atoms with van der Waals surface area (Å²) in [7, 11) is 2.11. The highest BCUT2D eigenvalue weighted by Crippen LogP contribution is 2.13. The molecule has 0 spiro atoms. The Kier molecular flexibility index (Phi) is 3.64. The average molecular weight is 249 g/mol. The van der Waals surface area contributed by atoms with Crippen molar-refractivity contribution in [3.8, 4) is 0 Å². The van der Waals surface area contributed by atoms with Gasteiger partial charge in [0, 0.05) is 36.9 Å². The lowest BCUT2D eigenvalue weighted by atomic mass is 10.2. The maximum absolute atomic E-state index is 4.44. The highest BCUT2D eigenvalue weighted by molar-refractivity contribution is 7.09. The Labute approximate surface area is 107 Å². The quantitative estimate of drug-likeness (QED) is 0.903. The van der Waals surface area contributed by atoms with Gasteiger partial charge in [0.05, 0.1) is 10.7 Å². The largest absolute Gasteiger partial charge is 0.352 e. The number of thiazole rings is 1. The average Bonchev–Trinajstić information content (AvgIpc) is 2.80. The van der Waals surface area contributed by atoms with Crippen LogP contribution in [0.2, 0.25) is 0 Å². The van der Waals surface area contributed by atoms with Crippen LogP contribution < -0.4 is 5.32 Å². The van der Waals surface area contributed by atoms with Crippen molar-refractivity contribution in [2.45, 2.75) is 33.9 Å². The molecule has 2 aromatic rings. The lowest BCUT2D eigenvalue weighted by Gasteiger charge is -2.04. The molecule has 3 nitrogen and oxygen atoms in total. The number of hydrogen-bond acceptors (Lipinski definition) is 3. The van der Waals surface area contributed by atoms with E-state index in [1.807, 2.05) is 6.92 Å². The summed E-state index contributed by atoms with van der Waals surface area (Å²) in [5, 5.41) is 6.69. The molecule has 0 aliphatic carbocycles. The molecule has 17 heavy (non-hydrogen) atoms. The molecule has 4 heteroatoms. The van der Waals surface area contributed by atoms with Gasteiger partial charge in [-0.25, -0.2) is 4.98 Å². The molecule has 0 saturated heterocycles. The number of nitrogens with one attached hydrogen (secondary N) is 1. The Balaban J connectivity index is 1.92. The molecule has 0 unspecified atom stereocenters. The molecule has 1 N–H and O–H groups in total. The van der Waals surface area contributed by atoms with Crippen molar-refractivity contribution >= 4 is 11.3 Å². The molecule has 0 radical (unpaired) electrons. The Morgan fingerprint density at radius 2 is 2.06 bits per heavy atom. The van der Waals surface area contributed by atoms with E-state index in [1.54, 1.807) is 11.3 Å². The van der Waals surface area contributed by atoms with Crippen LogP contribution in [0, 0.1) is 20.8 Å². The molecule has 0 bridgehead atoms. The molecule has 2 aromatic heterocycles. The normalized spacial score (nSPS) is 11.1. The summed E-state index contributed by atoms with van der Waals surface area (Å²) < 4.78 is 2.23. The number of aryl methyl sites for hydroxylation is 2. The minimum Gasteiger partial charge on any atom is -0.352 e. The maximum atomic E-state index is 4.44. The Bertz CT molecular complexity index is 511. The molecule has 2 heterocycles. The van der Waals surface area contributed by atoms with E-state index in [1.165, 1.54) is 17.0 Å². The van der Waals surface area contributed by atoms with Crippen molar-refractivity contribution in [2.75, 3.05) is 0 Å². The second kappa shape index (κ2) is 5.02. The predicted octanol–water partition coefficient (Wildman–Crippen LogP) is 2.70. The van der Waals surface area contributed by atoms with E-state index in [0.29, 0.717) is 0 Å². The minimum atomic E-state index is 0.845. The van der Waals surface area contributed by atoms with E-state index in [0.717, 1.165) is 23.8 Å². The van der Waals surface area contributed by atoms with E-state index >= 15 is 0 Å². The molecular formula is C13H19N3S. The van der Waals surface area contributed by atoms with Crippen molar-refractivity contribution in [3.05, 3.63) is 39.1 Å². The van der Waals surface area contributed by atoms with Gasteiger partial charge < -0.3 is 9.88 Å². The maximum Gasteiger partial charge on any atom is 0.0897 e. The fourth-order valence-electron chi connectivity index (χ4n) is 1.93. The summed E-state index contributed by atoms with van der Waals surface area (Å²) in [6.07, 6.45) is 0. The van der Waals surface area contributed by atoms with Crippen molar-refractivity contribution in [1.29, 1.82) is 0 Å². The van der Waals surface area contributed by atoms with Crippen LogP contribution in [0.15, 0.2) is 11.4 Å². The SMILES string of the molecule is Cc1nc(CNCc2cc(C)n(C)c2C)cs1.